The number of carbonyl (C=O) groups is 2. The fraction of sp³-hybridized carbons (Fsp3) is 0.364. The van der Waals surface area contributed by atoms with Crippen molar-refractivity contribution in [2.45, 2.75) is 45.0 Å². The molecular weight excluding hydrogens is 437 g/mol. The van der Waals surface area contributed by atoms with E-state index in [1.54, 1.807) is 33.8 Å². The van der Waals surface area contributed by atoms with Crippen LogP contribution in [0.4, 0.5) is 4.39 Å². The first-order chi connectivity index (χ1) is 15.3. The maximum absolute atomic E-state index is 14.0. The second kappa shape index (κ2) is 7.74. The van der Waals surface area contributed by atoms with Crippen molar-refractivity contribution in [3.63, 3.8) is 0 Å². The van der Waals surface area contributed by atoms with Gasteiger partial charge >= 0.3 is 0 Å². The number of fused-ring (bicyclic) bond motifs is 3. The highest BCUT2D eigenvalue weighted by Gasteiger charge is 2.36. The van der Waals surface area contributed by atoms with Gasteiger partial charge in [0.05, 0.1) is 35.6 Å². The molecular formula is C22H21ClFN5O3. The summed E-state index contributed by atoms with van der Waals surface area (Å²) in [5.74, 6) is -0.530. The van der Waals surface area contributed by atoms with E-state index in [2.05, 4.69) is 10.1 Å². The lowest BCUT2D eigenvalue weighted by Gasteiger charge is -2.40. The summed E-state index contributed by atoms with van der Waals surface area (Å²) in [6.07, 6.45) is 4.33. The van der Waals surface area contributed by atoms with E-state index in [4.69, 9.17) is 16.3 Å². The van der Waals surface area contributed by atoms with Crippen LogP contribution in [0.5, 0.6) is 5.75 Å². The lowest BCUT2D eigenvalue weighted by molar-refractivity contribution is -0.132. The second-order valence-corrected chi connectivity index (χ2v) is 8.70. The highest BCUT2D eigenvalue weighted by molar-refractivity contribution is 6.30. The van der Waals surface area contributed by atoms with Crippen LogP contribution in [-0.4, -0.2) is 55.4 Å². The average Bonchev–Trinajstić information content (AvgIpc) is 3.26. The summed E-state index contributed by atoms with van der Waals surface area (Å²) < 4.78 is 21.5. The van der Waals surface area contributed by atoms with Gasteiger partial charge in [0.15, 0.2) is 5.65 Å². The molecule has 10 heteroatoms. The Hall–Kier alpha value is -3.20. The minimum Gasteiger partial charge on any atom is -0.489 e. The van der Waals surface area contributed by atoms with Gasteiger partial charge in [-0.3, -0.25) is 9.59 Å². The molecule has 0 spiro atoms. The average molecular weight is 458 g/mol. The number of ether oxygens (including phenoxy) is 1. The number of rotatable bonds is 4. The van der Waals surface area contributed by atoms with E-state index in [0.717, 1.165) is 11.3 Å². The van der Waals surface area contributed by atoms with Crippen molar-refractivity contribution in [1.29, 1.82) is 0 Å². The Labute approximate surface area is 188 Å². The number of aromatic nitrogens is 3. The Kier molecular flexibility index (Phi) is 5.00. The van der Waals surface area contributed by atoms with Crippen LogP contribution in [0, 0.1) is 5.82 Å². The number of hydrogen-bond acceptors (Lipinski definition) is 5. The molecule has 1 saturated carbocycles. The van der Waals surface area contributed by atoms with Crippen LogP contribution in [0.2, 0.25) is 5.02 Å². The molecule has 1 aliphatic carbocycles. The van der Waals surface area contributed by atoms with Crippen molar-refractivity contribution in [1.82, 2.24) is 24.4 Å². The summed E-state index contributed by atoms with van der Waals surface area (Å²) >= 11 is 5.98. The van der Waals surface area contributed by atoms with Crippen molar-refractivity contribution in [3.8, 4) is 5.75 Å². The van der Waals surface area contributed by atoms with Crippen molar-refractivity contribution in [2.24, 2.45) is 0 Å². The summed E-state index contributed by atoms with van der Waals surface area (Å²) in [6.45, 7) is 2.19. The molecule has 3 aromatic rings. The predicted octanol–water partition coefficient (Wildman–Crippen LogP) is 3.07. The van der Waals surface area contributed by atoms with Crippen LogP contribution in [0.25, 0.3) is 5.65 Å². The van der Waals surface area contributed by atoms with Gasteiger partial charge in [-0.05, 0) is 12.1 Å². The van der Waals surface area contributed by atoms with E-state index >= 15 is 0 Å². The number of hydrogen-bond donors (Lipinski definition) is 0. The first kappa shape index (κ1) is 20.7. The molecule has 0 radical (unpaired) electrons. The highest BCUT2D eigenvalue weighted by atomic mass is 35.5. The molecule has 5 rings (SSSR count). The Bertz CT molecular complexity index is 1240. The second-order valence-electron chi connectivity index (χ2n) is 8.26. The summed E-state index contributed by atoms with van der Waals surface area (Å²) in [4.78, 5) is 32.4. The van der Waals surface area contributed by atoms with Gasteiger partial charge < -0.3 is 14.5 Å². The van der Waals surface area contributed by atoms with Crippen LogP contribution in [0.3, 0.4) is 0 Å². The van der Waals surface area contributed by atoms with Gasteiger partial charge in [0.1, 0.15) is 17.7 Å². The maximum Gasteiger partial charge on any atom is 0.258 e. The van der Waals surface area contributed by atoms with Crippen LogP contribution < -0.4 is 4.74 Å². The lowest BCUT2D eigenvalue weighted by atomic mass is 9.88. The molecule has 0 bridgehead atoms. The Balaban J connectivity index is 1.33. The first-order valence-corrected chi connectivity index (χ1v) is 10.7. The molecule has 32 heavy (non-hydrogen) atoms. The van der Waals surface area contributed by atoms with Crippen LogP contribution in [0.15, 0.2) is 30.6 Å². The highest BCUT2D eigenvalue weighted by Crippen LogP contribution is 2.33. The van der Waals surface area contributed by atoms with Gasteiger partial charge in [-0.2, -0.15) is 5.10 Å². The molecule has 1 aliphatic heterocycles. The molecule has 2 amide bonds. The first-order valence-electron chi connectivity index (χ1n) is 10.3. The minimum atomic E-state index is -0.475. The normalized spacial score (nSPS) is 19.6. The molecule has 0 atom stereocenters. The monoisotopic (exact) mass is 457 g/mol. The quantitative estimate of drug-likeness (QED) is 0.601. The van der Waals surface area contributed by atoms with E-state index in [1.165, 1.54) is 25.1 Å². The molecule has 3 heterocycles. The van der Waals surface area contributed by atoms with E-state index in [-0.39, 0.29) is 29.7 Å². The Morgan fingerprint density at radius 1 is 1.28 bits per heavy atom. The van der Waals surface area contributed by atoms with Crippen molar-refractivity contribution in [3.05, 3.63) is 58.3 Å². The topological polar surface area (TPSA) is 80.0 Å². The molecule has 0 saturated heterocycles. The zero-order chi connectivity index (χ0) is 22.6. The van der Waals surface area contributed by atoms with Gasteiger partial charge in [0, 0.05) is 50.7 Å². The van der Waals surface area contributed by atoms with Crippen LogP contribution >= 0.6 is 11.6 Å². The number of halogens is 2. The summed E-state index contributed by atoms with van der Waals surface area (Å²) in [5, 5.41) is 4.96. The number of amides is 2. The third kappa shape index (κ3) is 3.56. The molecule has 0 N–H and O–H groups in total. The molecule has 0 unspecified atom stereocenters. The molecule has 2 aromatic heterocycles. The maximum atomic E-state index is 14.0. The standard InChI is InChI=1S/C22H21ClFN5O3/c1-12(30)27(2)15-6-16(7-15)32-20-5-14(24)3-4-17(20)22(31)28-10-18-19(11-28)26-29-9-13(23)8-25-21(18)29/h3-5,8-9,15-16H,6-7,10-11H2,1-2H3. The van der Waals surface area contributed by atoms with Crippen molar-refractivity contribution < 1.29 is 18.7 Å². The number of nitrogens with zero attached hydrogens (tertiary/aromatic N) is 5. The van der Waals surface area contributed by atoms with Crippen LogP contribution in [-0.2, 0) is 17.9 Å². The largest absolute Gasteiger partial charge is 0.489 e. The summed E-state index contributed by atoms with van der Waals surface area (Å²) in [7, 11) is 1.75. The third-order valence-electron chi connectivity index (χ3n) is 6.18. The third-order valence-corrected chi connectivity index (χ3v) is 6.37. The van der Waals surface area contributed by atoms with Gasteiger partial charge in [-0.25, -0.2) is 13.9 Å². The summed E-state index contributed by atoms with van der Waals surface area (Å²) in [5.41, 5.74) is 2.58. The van der Waals surface area contributed by atoms with E-state index in [1.807, 2.05) is 0 Å². The molecule has 2 aliphatic rings. The molecule has 8 nitrogen and oxygen atoms in total. The van der Waals surface area contributed by atoms with Crippen LogP contribution in [0.1, 0.15) is 41.4 Å². The lowest BCUT2D eigenvalue weighted by Crippen LogP contribution is -2.49. The zero-order valence-corrected chi connectivity index (χ0v) is 18.3. The van der Waals surface area contributed by atoms with Gasteiger partial charge in [-0.1, -0.05) is 11.6 Å². The molecule has 1 aromatic carbocycles. The molecule has 166 valence electrons. The smallest absolute Gasteiger partial charge is 0.258 e. The fourth-order valence-electron chi connectivity index (χ4n) is 4.19. The van der Waals surface area contributed by atoms with Gasteiger partial charge in [0.2, 0.25) is 5.91 Å². The van der Waals surface area contributed by atoms with Gasteiger partial charge in [-0.15, -0.1) is 0 Å². The Morgan fingerprint density at radius 3 is 2.81 bits per heavy atom. The van der Waals surface area contributed by atoms with E-state index in [0.29, 0.717) is 42.2 Å². The summed E-state index contributed by atoms with van der Waals surface area (Å²) in [6, 6.07) is 4.04. The van der Waals surface area contributed by atoms with E-state index < -0.39 is 5.82 Å². The SMILES string of the molecule is CC(=O)N(C)C1CC(Oc2cc(F)ccc2C(=O)N2Cc3nn4cc(Cl)cnc4c3C2)C1. The predicted molar refractivity (Wildman–Crippen MR) is 114 cm³/mol. The fourth-order valence-corrected chi connectivity index (χ4v) is 4.33. The van der Waals surface area contributed by atoms with Crippen molar-refractivity contribution in [2.75, 3.05) is 7.05 Å². The number of carbonyl (C=O) groups excluding carboxylic acids is 2. The van der Waals surface area contributed by atoms with Crippen molar-refractivity contribution >= 4 is 29.1 Å². The Morgan fingerprint density at radius 2 is 2.06 bits per heavy atom. The molecule has 1 fully saturated rings. The minimum absolute atomic E-state index is 0.00781. The zero-order valence-electron chi connectivity index (χ0n) is 17.6. The number of benzene rings is 1. The van der Waals surface area contributed by atoms with E-state index in [9.17, 15) is 14.0 Å². The van der Waals surface area contributed by atoms with Gasteiger partial charge in [0.25, 0.3) is 5.91 Å².